The Morgan fingerprint density at radius 1 is 1.22 bits per heavy atom. The predicted molar refractivity (Wildman–Crippen MR) is 76.0 cm³/mol. The molecule has 0 bridgehead atoms. The minimum absolute atomic E-state index is 0.148. The molecule has 10 heteroatoms. The number of esters is 1. The fourth-order valence-electron chi connectivity index (χ4n) is 1.89. The monoisotopic (exact) mass is 343 g/mol. The Balaban J connectivity index is 2.34. The molecule has 1 atom stereocenters. The van der Waals surface area contributed by atoms with E-state index in [9.17, 15) is 28.5 Å². The number of ether oxygens (including phenoxy) is 1. The lowest BCUT2D eigenvalue weighted by Crippen LogP contribution is -2.21. The van der Waals surface area contributed by atoms with Crippen LogP contribution >= 0.6 is 0 Å². The zero-order valence-corrected chi connectivity index (χ0v) is 12.6. The number of rotatable bonds is 4. The number of hydrogen-bond acceptors (Lipinski definition) is 7. The van der Waals surface area contributed by atoms with Crippen LogP contribution < -0.4 is 4.74 Å². The molecule has 0 saturated heterocycles. The van der Waals surface area contributed by atoms with Crippen LogP contribution in [0.2, 0.25) is 0 Å². The molecule has 9 nitrogen and oxygen atoms in total. The van der Waals surface area contributed by atoms with E-state index < -0.39 is 38.8 Å². The minimum Gasteiger partial charge on any atom is -0.504 e. The first-order chi connectivity index (χ1) is 10.6. The number of carbonyl (C=O) groups is 1. The van der Waals surface area contributed by atoms with Crippen molar-refractivity contribution < 1.29 is 37.8 Å². The third kappa shape index (κ3) is 3.22. The van der Waals surface area contributed by atoms with E-state index in [0.717, 1.165) is 0 Å². The number of phenolic OH excluding ortho intramolecular Hbond substituents is 1. The van der Waals surface area contributed by atoms with E-state index in [2.05, 4.69) is 0 Å². The van der Waals surface area contributed by atoms with Crippen LogP contribution in [0.4, 0.5) is 0 Å². The molecule has 23 heavy (non-hydrogen) atoms. The van der Waals surface area contributed by atoms with E-state index in [0.29, 0.717) is 10.6 Å². The van der Waals surface area contributed by atoms with Crippen LogP contribution in [0.25, 0.3) is 0 Å². The van der Waals surface area contributed by atoms with Crippen molar-refractivity contribution in [2.24, 2.45) is 0 Å². The maximum absolute atomic E-state index is 12.0. The van der Waals surface area contributed by atoms with Crippen molar-refractivity contribution in [3.8, 4) is 23.3 Å². The topological polar surface area (TPSA) is 146 Å². The summed E-state index contributed by atoms with van der Waals surface area (Å²) in [4.78, 5) is 11.1. The third-order valence-corrected chi connectivity index (χ3v) is 3.89. The third-order valence-electron chi connectivity index (χ3n) is 3.04. The highest BCUT2D eigenvalue weighted by Crippen LogP contribution is 2.35. The highest BCUT2D eigenvalue weighted by molar-refractivity contribution is 7.86. The molecule has 1 aromatic carbocycles. The first-order valence-electron chi connectivity index (χ1n) is 6.23. The van der Waals surface area contributed by atoms with Gasteiger partial charge in [-0.05, 0) is 19.1 Å². The van der Waals surface area contributed by atoms with Crippen molar-refractivity contribution in [2.45, 2.75) is 17.9 Å². The van der Waals surface area contributed by atoms with Gasteiger partial charge < -0.3 is 20.1 Å². The summed E-state index contributed by atoms with van der Waals surface area (Å²) in [7, 11) is -4.78. The summed E-state index contributed by atoms with van der Waals surface area (Å²) < 4.78 is 36.6. The van der Waals surface area contributed by atoms with Crippen molar-refractivity contribution in [1.29, 1.82) is 0 Å². The Labute approximate surface area is 130 Å². The number of carbonyl (C=O) groups excluding carboxylic acids is 1. The number of aromatic nitrogens is 1. The van der Waals surface area contributed by atoms with Crippen molar-refractivity contribution in [3.63, 3.8) is 0 Å². The van der Waals surface area contributed by atoms with Gasteiger partial charge in [0.25, 0.3) is 10.1 Å². The number of phenols is 1. The number of aromatic hydroxyl groups is 3. The van der Waals surface area contributed by atoms with Gasteiger partial charge in [-0.25, -0.2) is 4.79 Å². The van der Waals surface area contributed by atoms with Gasteiger partial charge in [-0.3, -0.25) is 9.12 Å². The van der Waals surface area contributed by atoms with E-state index in [1.54, 1.807) is 0 Å². The molecule has 0 aliphatic heterocycles. The molecule has 0 saturated carbocycles. The van der Waals surface area contributed by atoms with Crippen LogP contribution in [0.5, 0.6) is 23.3 Å². The summed E-state index contributed by atoms with van der Waals surface area (Å²) in [5.41, 5.74) is 0. The normalized spacial score (nSPS) is 12.8. The van der Waals surface area contributed by atoms with Crippen molar-refractivity contribution in [1.82, 2.24) is 4.57 Å². The van der Waals surface area contributed by atoms with Crippen LogP contribution in [0.1, 0.15) is 13.0 Å². The lowest BCUT2D eigenvalue weighted by Gasteiger charge is -2.15. The summed E-state index contributed by atoms with van der Waals surface area (Å²) in [6.07, 6.45) is 0. The van der Waals surface area contributed by atoms with E-state index in [-0.39, 0.29) is 11.5 Å². The fourth-order valence-corrected chi connectivity index (χ4v) is 2.48. The average molecular weight is 343 g/mol. The zero-order chi connectivity index (χ0) is 17.4. The Kier molecular flexibility index (Phi) is 4.21. The fraction of sp³-hybridized carbons (Fsp3) is 0.154. The number of para-hydroxylation sites is 2. The van der Waals surface area contributed by atoms with E-state index in [1.165, 1.54) is 31.2 Å². The van der Waals surface area contributed by atoms with Crippen molar-refractivity contribution in [2.75, 3.05) is 0 Å². The molecule has 0 fully saturated rings. The van der Waals surface area contributed by atoms with Gasteiger partial charge >= 0.3 is 5.97 Å². The molecule has 4 N–H and O–H groups in total. The minimum atomic E-state index is -4.78. The molecule has 0 spiro atoms. The van der Waals surface area contributed by atoms with Crippen LogP contribution in [-0.4, -0.2) is 38.8 Å². The summed E-state index contributed by atoms with van der Waals surface area (Å²) in [6, 6.07) is 4.87. The second-order valence-electron chi connectivity index (χ2n) is 4.60. The molecule has 1 heterocycles. The van der Waals surface area contributed by atoms with Crippen LogP contribution in [-0.2, 0) is 14.9 Å². The van der Waals surface area contributed by atoms with Gasteiger partial charge in [0.05, 0.1) is 0 Å². The van der Waals surface area contributed by atoms with E-state index in [1.807, 2.05) is 0 Å². The Bertz CT molecular complexity index is 855. The molecule has 124 valence electrons. The van der Waals surface area contributed by atoms with Gasteiger partial charge in [0.1, 0.15) is 6.04 Å². The lowest BCUT2D eigenvalue weighted by molar-refractivity contribution is -0.138. The second-order valence-corrected chi connectivity index (χ2v) is 5.99. The van der Waals surface area contributed by atoms with E-state index >= 15 is 0 Å². The van der Waals surface area contributed by atoms with Gasteiger partial charge in [-0.2, -0.15) is 8.42 Å². The molecular weight excluding hydrogens is 330 g/mol. The standard InChI is InChI=1S/C13H13NO8S/c1-7(13(18)22-9-5-3-2-4-8(9)15)14-11(16)6-10(12(14)17)23(19,20)21/h2-7,15-17H,1H3,(H,19,20,21). The van der Waals surface area contributed by atoms with Gasteiger partial charge in [0.2, 0.25) is 5.88 Å². The highest BCUT2D eigenvalue weighted by Gasteiger charge is 2.29. The average Bonchev–Trinajstić information content (AvgIpc) is 2.75. The van der Waals surface area contributed by atoms with Gasteiger partial charge in [0.15, 0.2) is 22.3 Å². The number of nitrogens with zero attached hydrogens (tertiary/aromatic N) is 1. The summed E-state index contributed by atoms with van der Waals surface area (Å²) in [5, 5.41) is 29.0. The molecule has 1 unspecified atom stereocenters. The van der Waals surface area contributed by atoms with Gasteiger partial charge in [0, 0.05) is 6.07 Å². The number of benzene rings is 1. The first-order valence-corrected chi connectivity index (χ1v) is 7.67. The first kappa shape index (κ1) is 16.6. The molecular formula is C13H13NO8S. The molecule has 0 aliphatic carbocycles. The van der Waals surface area contributed by atoms with Crippen LogP contribution in [0, 0.1) is 0 Å². The maximum atomic E-state index is 12.0. The molecule has 2 rings (SSSR count). The van der Waals surface area contributed by atoms with Crippen LogP contribution in [0.3, 0.4) is 0 Å². The Morgan fingerprint density at radius 2 is 1.83 bits per heavy atom. The SMILES string of the molecule is CC(C(=O)Oc1ccccc1O)n1c(O)cc(S(=O)(=O)O)c1O. The lowest BCUT2D eigenvalue weighted by atomic mass is 10.3. The largest absolute Gasteiger partial charge is 0.504 e. The maximum Gasteiger partial charge on any atom is 0.334 e. The smallest absolute Gasteiger partial charge is 0.334 e. The summed E-state index contributed by atoms with van der Waals surface area (Å²) in [5.74, 6) is -3.23. The molecule has 0 aliphatic rings. The molecule has 2 aromatic rings. The van der Waals surface area contributed by atoms with Crippen molar-refractivity contribution in [3.05, 3.63) is 30.3 Å². The van der Waals surface area contributed by atoms with Gasteiger partial charge in [-0.1, -0.05) is 12.1 Å². The highest BCUT2D eigenvalue weighted by atomic mass is 32.2. The quantitative estimate of drug-likeness (QED) is 0.365. The Hall–Kier alpha value is -2.72. The second kappa shape index (κ2) is 5.82. The van der Waals surface area contributed by atoms with Crippen molar-refractivity contribution >= 4 is 16.1 Å². The Morgan fingerprint density at radius 3 is 2.35 bits per heavy atom. The van der Waals surface area contributed by atoms with E-state index in [4.69, 9.17) is 9.29 Å². The van der Waals surface area contributed by atoms with Gasteiger partial charge in [-0.15, -0.1) is 0 Å². The molecule has 1 aromatic heterocycles. The zero-order valence-electron chi connectivity index (χ0n) is 11.7. The number of hydrogen-bond donors (Lipinski definition) is 4. The van der Waals surface area contributed by atoms with Crippen LogP contribution in [0.15, 0.2) is 35.2 Å². The molecule has 0 amide bonds. The summed E-state index contributed by atoms with van der Waals surface area (Å²) >= 11 is 0. The molecule has 0 radical (unpaired) electrons. The predicted octanol–water partition coefficient (Wildman–Crippen LogP) is 1.02. The summed E-state index contributed by atoms with van der Waals surface area (Å²) in [6.45, 7) is 1.22.